The van der Waals surface area contributed by atoms with Crippen LogP contribution in [0.15, 0.2) is 60.8 Å². The molecule has 15 heteroatoms. The number of likely N-dealkylation sites (tertiary alicyclic amines) is 1. The quantitative estimate of drug-likeness (QED) is 0.236. The highest BCUT2D eigenvalue weighted by atomic mass is 16.5. The number of hydrogen-bond donors (Lipinski definition) is 1. The molecule has 61 heavy (non-hydrogen) atoms. The number of hydrogen-bond acceptors (Lipinski definition) is 12. The highest BCUT2D eigenvalue weighted by Crippen LogP contribution is 2.59. The molecule has 1 aliphatic carbocycles. The van der Waals surface area contributed by atoms with E-state index in [-0.39, 0.29) is 42.4 Å². The average molecular weight is 825 g/mol. The Morgan fingerprint density at radius 3 is 2.34 bits per heavy atom. The van der Waals surface area contributed by atoms with Crippen LogP contribution in [0.3, 0.4) is 0 Å². The zero-order chi connectivity index (χ0) is 42.8. The Morgan fingerprint density at radius 2 is 1.66 bits per heavy atom. The van der Waals surface area contributed by atoms with Gasteiger partial charge in [-0.1, -0.05) is 27.7 Å². The van der Waals surface area contributed by atoms with Crippen LogP contribution >= 0.6 is 0 Å². The normalized spacial score (nSPS) is 24.1. The van der Waals surface area contributed by atoms with Gasteiger partial charge in [-0.05, 0) is 85.3 Å². The van der Waals surface area contributed by atoms with Crippen LogP contribution in [-0.2, 0) is 16.1 Å². The van der Waals surface area contributed by atoms with Crippen LogP contribution in [0.5, 0.6) is 5.75 Å². The van der Waals surface area contributed by atoms with Crippen molar-refractivity contribution >= 4 is 46.0 Å². The number of nitrogens with two attached hydrogens (primary N) is 1. The molecule has 2 aromatic heterocycles. The average Bonchev–Trinajstić information content (AvgIpc) is 3.59. The predicted octanol–water partition coefficient (Wildman–Crippen LogP) is 4.39. The maximum atomic E-state index is 14.5. The smallest absolute Gasteiger partial charge is 0.269 e. The van der Waals surface area contributed by atoms with Gasteiger partial charge in [0.25, 0.3) is 17.7 Å². The largest absolute Gasteiger partial charge is 0.488 e. The third kappa shape index (κ3) is 7.00. The van der Waals surface area contributed by atoms with Gasteiger partial charge in [-0.3, -0.25) is 34.0 Å². The van der Waals surface area contributed by atoms with Crippen LogP contribution in [0.2, 0.25) is 0 Å². The molecule has 15 nitrogen and oxygen atoms in total. The molecule has 316 valence electrons. The summed E-state index contributed by atoms with van der Waals surface area (Å²) in [5, 5.41) is 18.5. The molecule has 3 saturated heterocycles. The number of ether oxygens (including phenoxy) is 1. The van der Waals surface area contributed by atoms with Crippen molar-refractivity contribution in [1.82, 2.24) is 29.9 Å². The van der Waals surface area contributed by atoms with Gasteiger partial charge in [-0.15, -0.1) is 10.2 Å². The fourth-order valence-electron chi connectivity index (χ4n) is 11.2. The molecular formula is C46H52N10O5. The molecule has 0 unspecified atom stereocenters. The number of benzene rings is 2. The summed E-state index contributed by atoms with van der Waals surface area (Å²) in [6.07, 6.45) is 3.87. The van der Waals surface area contributed by atoms with Crippen LogP contribution in [0.1, 0.15) is 85.4 Å². The number of fused-ring (bicyclic) bond motifs is 2. The van der Waals surface area contributed by atoms with Gasteiger partial charge in [0, 0.05) is 92.4 Å². The summed E-state index contributed by atoms with van der Waals surface area (Å²) in [5.74, 6) is 0.659. The summed E-state index contributed by atoms with van der Waals surface area (Å²) in [4.78, 5) is 68.3. The van der Waals surface area contributed by atoms with Crippen LogP contribution in [-0.4, -0.2) is 118 Å². The van der Waals surface area contributed by atoms with Gasteiger partial charge < -0.3 is 25.2 Å². The maximum Gasteiger partial charge on any atom is 0.269 e. The third-order valence-corrected chi connectivity index (χ3v) is 13.9. The maximum absolute atomic E-state index is 14.5. The molecule has 0 bridgehead atoms. The van der Waals surface area contributed by atoms with Crippen molar-refractivity contribution in [2.24, 2.45) is 22.5 Å². The first kappa shape index (κ1) is 40.3. The Kier molecular flexibility index (Phi) is 10.2. The van der Waals surface area contributed by atoms with Crippen molar-refractivity contribution in [2.75, 3.05) is 55.6 Å². The number of aromatic nitrogens is 3. The van der Waals surface area contributed by atoms with Gasteiger partial charge in [-0.2, -0.15) is 5.26 Å². The molecule has 4 amide bonds. The van der Waals surface area contributed by atoms with Gasteiger partial charge in [0.05, 0.1) is 17.1 Å². The first-order chi connectivity index (χ1) is 29.3. The zero-order valence-electron chi connectivity index (χ0n) is 35.2. The number of rotatable bonds is 9. The fourth-order valence-corrected chi connectivity index (χ4v) is 11.2. The Labute approximate surface area is 355 Å². The molecule has 9 rings (SSSR count). The number of carbonyl (C=O) groups is 4. The SMILES string of the molecule is CC1(C)C(Oc2ccc(C#N)c3ncccc23)C(C)(C)C1N1C(=O)CC[C@H](N2Cc3cc(N4CCN(CC5CCN(c6ccc(C(N)=O)nn6)CC5)CC4)ccc3C2=O)C1=O. The lowest BCUT2D eigenvalue weighted by Crippen LogP contribution is -2.77. The van der Waals surface area contributed by atoms with Crippen molar-refractivity contribution in [3.8, 4) is 11.8 Å². The van der Waals surface area contributed by atoms with Crippen molar-refractivity contribution in [3.05, 3.63) is 83.2 Å². The van der Waals surface area contributed by atoms with Gasteiger partial charge in [0.2, 0.25) is 5.91 Å². The molecule has 0 radical (unpaired) electrons. The second-order valence-corrected chi connectivity index (χ2v) is 18.5. The Hall–Kier alpha value is -6.14. The highest BCUT2D eigenvalue weighted by Gasteiger charge is 2.68. The van der Waals surface area contributed by atoms with Crippen molar-refractivity contribution in [2.45, 2.75) is 78.1 Å². The number of primary amides is 1. The number of piperazine rings is 1. The van der Waals surface area contributed by atoms with Crippen LogP contribution in [0, 0.1) is 28.1 Å². The molecule has 4 fully saturated rings. The summed E-state index contributed by atoms with van der Waals surface area (Å²) < 4.78 is 6.71. The third-order valence-electron chi connectivity index (χ3n) is 13.9. The summed E-state index contributed by atoms with van der Waals surface area (Å²) in [6.45, 7) is 14.9. The van der Waals surface area contributed by atoms with E-state index in [1.165, 1.54) is 4.90 Å². The van der Waals surface area contributed by atoms with E-state index >= 15 is 0 Å². The van der Waals surface area contributed by atoms with Gasteiger partial charge >= 0.3 is 0 Å². The van der Waals surface area contributed by atoms with Crippen molar-refractivity contribution in [3.63, 3.8) is 0 Å². The summed E-state index contributed by atoms with van der Waals surface area (Å²) in [7, 11) is 0. The van der Waals surface area contributed by atoms with Gasteiger partial charge in [-0.25, -0.2) is 0 Å². The van der Waals surface area contributed by atoms with E-state index in [2.05, 4.69) is 42.0 Å². The van der Waals surface area contributed by atoms with E-state index < -0.39 is 28.8 Å². The first-order valence-electron chi connectivity index (χ1n) is 21.4. The van der Waals surface area contributed by atoms with Crippen LogP contribution < -0.4 is 20.3 Å². The monoisotopic (exact) mass is 824 g/mol. The van der Waals surface area contributed by atoms with Crippen molar-refractivity contribution < 1.29 is 23.9 Å². The topological polar surface area (TPSA) is 182 Å². The van der Waals surface area contributed by atoms with E-state index in [4.69, 9.17) is 10.5 Å². The van der Waals surface area contributed by atoms with Crippen LogP contribution in [0.4, 0.5) is 11.5 Å². The lowest BCUT2D eigenvalue weighted by atomic mass is 9.48. The number of anilines is 2. The standard InChI is InChI=1S/C46H52N10O5/c1-45(2)43(46(3,4)44(45)61-36-12-7-29(25-47)39-33(36)6-5-17-49-39)56-38(57)14-11-35(42(56)60)55-27-30-24-31(8-9-32(30)41(55)59)53-22-20-52(21-23-53)26-28-15-18-54(19-16-28)37-13-10-34(40(48)58)50-51-37/h5-10,12-13,17,24,28,35,43-44H,11,14-16,18-23,26-27H2,1-4H3,(H2,48,58)/t35-,43?,44?/m0/s1. The second kappa shape index (κ2) is 15.4. The molecule has 1 saturated carbocycles. The molecule has 4 aromatic rings. The van der Waals surface area contributed by atoms with Gasteiger partial charge in [0.1, 0.15) is 24.0 Å². The van der Waals surface area contributed by atoms with E-state index in [1.807, 2.05) is 58.0 Å². The lowest BCUT2D eigenvalue weighted by molar-refractivity contribution is -0.216. The zero-order valence-corrected chi connectivity index (χ0v) is 35.2. The molecule has 5 aliphatic rings. The summed E-state index contributed by atoms with van der Waals surface area (Å²) >= 11 is 0. The number of nitrogens with zero attached hydrogens (tertiary/aromatic N) is 9. The molecular weight excluding hydrogens is 773 g/mol. The molecule has 6 heterocycles. The van der Waals surface area contributed by atoms with E-state index in [9.17, 15) is 24.4 Å². The predicted molar refractivity (Wildman–Crippen MR) is 228 cm³/mol. The Balaban J connectivity index is 0.816. The minimum absolute atomic E-state index is 0.171. The number of piperidine rings is 2. The Bertz CT molecular complexity index is 2430. The lowest BCUT2D eigenvalue weighted by Gasteiger charge is -2.66. The summed E-state index contributed by atoms with van der Waals surface area (Å²) in [5.41, 5.74) is 7.86. The number of carbonyl (C=O) groups excluding carboxylic acids is 4. The second-order valence-electron chi connectivity index (χ2n) is 18.5. The van der Waals surface area contributed by atoms with E-state index in [0.717, 1.165) is 81.1 Å². The minimum atomic E-state index is -0.744. The van der Waals surface area contributed by atoms with E-state index in [1.54, 1.807) is 29.3 Å². The number of nitriles is 1. The first-order valence-corrected chi connectivity index (χ1v) is 21.4. The molecule has 2 aromatic carbocycles. The van der Waals surface area contributed by atoms with Gasteiger partial charge in [0.15, 0.2) is 11.5 Å². The minimum Gasteiger partial charge on any atom is -0.488 e. The molecule has 2 N–H and O–H groups in total. The number of amides is 4. The molecule has 4 aliphatic heterocycles. The van der Waals surface area contributed by atoms with E-state index in [0.29, 0.717) is 34.9 Å². The number of imide groups is 1. The fraction of sp³-hybridized carbons (Fsp3) is 0.478. The number of pyridine rings is 1. The van der Waals surface area contributed by atoms with Crippen molar-refractivity contribution in [1.29, 1.82) is 5.26 Å². The molecule has 0 spiro atoms. The Morgan fingerprint density at radius 1 is 0.902 bits per heavy atom. The molecule has 1 atom stereocenters. The summed E-state index contributed by atoms with van der Waals surface area (Å²) in [6, 6.07) is 17.7. The van der Waals surface area contributed by atoms with Crippen LogP contribution in [0.25, 0.3) is 10.9 Å². The highest BCUT2D eigenvalue weighted by molar-refractivity contribution is 6.06.